The predicted octanol–water partition coefficient (Wildman–Crippen LogP) is -2.45. The first-order valence-electron chi connectivity index (χ1n) is 8.47. The van der Waals surface area contributed by atoms with Crippen molar-refractivity contribution in [2.75, 3.05) is 33.0 Å². The van der Waals surface area contributed by atoms with Gasteiger partial charge >= 0.3 is 0 Å². The van der Waals surface area contributed by atoms with E-state index in [1.165, 1.54) is 6.92 Å². The van der Waals surface area contributed by atoms with Crippen LogP contribution in [-0.4, -0.2) is 110 Å². The molecular weight excluding hydrogens is 352 g/mol. The van der Waals surface area contributed by atoms with E-state index < -0.39 is 24.6 Å². The molecule has 10 heteroatoms. The quantitative estimate of drug-likeness (QED) is 0.190. The van der Waals surface area contributed by atoms with Crippen LogP contribution in [0.4, 0.5) is 0 Å². The molecule has 9 N–H and O–H groups in total. The Labute approximate surface area is 155 Å². The summed E-state index contributed by atoms with van der Waals surface area (Å²) in [7, 11) is 0. The molecule has 3 unspecified atom stereocenters. The molecular formula is C16H40O10. The summed E-state index contributed by atoms with van der Waals surface area (Å²) in [5.74, 6) is 0. The van der Waals surface area contributed by atoms with E-state index in [9.17, 15) is 0 Å². The van der Waals surface area contributed by atoms with Gasteiger partial charge in [0.1, 0.15) is 6.10 Å². The van der Waals surface area contributed by atoms with Crippen LogP contribution in [0.15, 0.2) is 0 Å². The lowest BCUT2D eigenvalue weighted by atomic mass is 10.3. The van der Waals surface area contributed by atoms with Crippen molar-refractivity contribution in [2.45, 2.75) is 71.2 Å². The van der Waals surface area contributed by atoms with Gasteiger partial charge in [-0.3, -0.25) is 0 Å². The second-order valence-corrected chi connectivity index (χ2v) is 5.50. The highest BCUT2D eigenvalue weighted by Crippen LogP contribution is 1.90. The van der Waals surface area contributed by atoms with Gasteiger partial charge < -0.3 is 50.7 Å². The number of rotatable bonds is 9. The highest BCUT2D eigenvalue weighted by Gasteiger charge is 2.00. The minimum atomic E-state index is -1.10. The van der Waals surface area contributed by atoms with Crippen LogP contribution in [0.3, 0.4) is 0 Å². The van der Waals surface area contributed by atoms with Gasteiger partial charge in [0.25, 0.3) is 0 Å². The minimum Gasteiger partial charge on any atom is -0.394 e. The molecule has 0 radical (unpaired) electrons. The molecule has 26 heavy (non-hydrogen) atoms. The second-order valence-electron chi connectivity index (χ2n) is 5.50. The van der Waals surface area contributed by atoms with E-state index in [1.54, 1.807) is 13.8 Å². The topological polar surface area (TPSA) is 191 Å². The van der Waals surface area contributed by atoms with Crippen molar-refractivity contribution < 1.29 is 50.7 Å². The van der Waals surface area contributed by atoms with Crippen molar-refractivity contribution in [1.29, 1.82) is 0 Å². The van der Waals surface area contributed by atoms with Gasteiger partial charge in [0, 0.05) is 0 Å². The molecule has 3 atom stereocenters. The van der Waals surface area contributed by atoms with Gasteiger partial charge in [0.15, 0.2) is 6.29 Å². The lowest BCUT2D eigenvalue weighted by Gasteiger charge is -2.10. The maximum Gasteiger partial charge on any atom is 0.151 e. The van der Waals surface area contributed by atoms with Gasteiger partial charge in [-0.15, -0.1) is 0 Å². The number of ether oxygens (including phenoxy) is 1. The number of hydrogen-bond acceptors (Lipinski definition) is 10. The zero-order chi connectivity index (χ0) is 21.5. The molecule has 164 valence electrons. The molecule has 0 aliphatic carbocycles. The molecule has 0 fully saturated rings. The zero-order valence-electron chi connectivity index (χ0n) is 16.3. The smallest absolute Gasteiger partial charge is 0.151 e. The van der Waals surface area contributed by atoms with Crippen LogP contribution in [0.2, 0.25) is 0 Å². The summed E-state index contributed by atoms with van der Waals surface area (Å²) < 4.78 is 4.95. The summed E-state index contributed by atoms with van der Waals surface area (Å²) >= 11 is 0. The van der Waals surface area contributed by atoms with Crippen molar-refractivity contribution in [3.8, 4) is 0 Å². The van der Waals surface area contributed by atoms with Crippen molar-refractivity contribution in [3.05, 3.63) is 0 Å². The monoisotopic (exact) mass is 392 g/mol. The summed E-state index contributed by atoms with van der Waals surface area (Å²) in [4.78, 5) is 0. The first kappa shape index (κ1) is 33.2. The first-order valence-corrected chi connectivity index (χ1v) is 8.47. The van der Waals surface area contributed by atoms with Crippen molar-refractivity contribution >= 4 is 0 Å². The Kier molecular flexibility index (Phi) is 34.3. The third kappa shape index (κ3) is 49.5. The van der Waals surface area contributed by atoms with Gasteiger partial charge in [-0.05, 0) is 27.2 Å². The van der Waals surface area contributed by atoms with Gasteiger partial charge in [0.05, 0.1) is 51.3 Å². The number of aliphatic hydroxyl groups is 9. The van der Waals surface area contributed by atoms with E-state index in [4.69, 9.17) is 50.7 Å². The number of aliphatic hydroxyl groups excluding tert-OH is 8. The Bertz CT molecular complexity index is 223. The fourth-order valence-electron chi connectivity index (χ4n) is 0.672. The number of hydrogen-bond donors (Lipinski definition) is 9. The lowest BCUT2D eigenvalue weighted by Crippen LogP contribution is -2.19. The molecule has 0 heterocycles. The minimum absolute atomic E-state index is 0.00667. The average molecular weight is 392 g/mol. The zero-order valence-corrected chi connectivity index (χ0v) is 16.3. The third-order valence-electron chi connectivity index (χ3n) is 2.11. The average Bonchev–Trinajstić information content (AvgIpc) is 2.60. The maximum atomic E-state index is 8.69. The van der Waals surface area contributed by atoms with Crippen molar-refractivity contribution in [1.82, 2.24) is 0 Å². The van der Waals surface area contributed by atoms with E-state index in [0.29, 0.717) is 13.0 Å². The molecule has 10 nitrogen and oxygen atoms in total. The van der Waals surface area contributed by atoms with Crippen LogP contribution in [0.25, 0.3) is 0 Å². The summed E-state index contributed by atoms with van der Waals surface area (Å²) in [5, 5.41) is 73.4. The molecule has 0 saturated carbocycles. The largest absolute Gasteiger partial charge is 0.394 e. The van der Waals surface area contributed by atoms with Crippen LogP contribution in [0.5, 0.6) is 0 Å². The van der Waals surface area contributed by atoms with Crippen LogP contribution in [0, 0.1) is 0 Å². The fourth-order valence-corrected chi connectivity index (χ4v) is 0.672. The summed E-state index contributed by atoms with van der Waals surface area (Å²) in [5.41, 5.74) is 0. The Balaban J connectivity index is -0.000000128. The van der Waals surface area contributed by atoms with E-state index in [-0.39, 0.29) is 32.5 Å². The Morgan fingerprint density at radius 1 is 0.692 bits per heavy atom. The molecule has 0 aliphatic rings. The SMILES string of the molecule is CC(O)CO.CC(O)COC(C)CO.CCCC(O)O.OCC(O)CO. The van der Waals surface area contributed by atoms with Crippen LogP contribution in [-0.2, 0) is 4.74 Å². The molecule has 0 aromatic carbocycles. The van der Waals surface area contributed by atoms with E-state index in [1.807, 2.05) is 6.92 Å². The van der Waals surface area contributed by atoms with Gasteiger partial charge in [0.2, 0.25) is 0 Å². The van der Waals surface area contributed by atoms with Crippen LogP contribution < -0.4 is 0 Å². The van der Waals surface area contributed by atoms with Gasteiger partial charge in [-0.2, -0.15) is 0 Å². The normalized spacial score (nSPS) is 13.5. The van der Waals surface area contributed by atoms with Gasteiger partial charge in [-0.1, -0.05) is 13.3 Å². The van der Waals surface area contributed by atoms with Gasteiger partial charge in [-0.25, -0.2) is 0 Å². The summed E-state index contributed by atoms with van der Waals surface area (Å²) in [6, 6.07) is 0. The van der Waals surface area contributed by atoms with Crippen LogP contribution in [0.1, 0.15) is 40.5 Å². The highest BCUT2D eigenvalue weighted by molar-refractivity contribution is 4.47. The standard InChI is InChI=1S/C6H14O3.C4H10O2.C3H8O3.C3H8O2/c1-5(8)4-9-6(2)3-7;1-2-3-4(5)6;4-1-3(6)2-5;1-3(5)2-4/h5-8H,3-4H2,1-2H3;4-6H,2-3H2,1H3;3-6H,1-2H2;3-5H,2H2,1H3. The third-order valence-corrected chi connectivity index (χ3v) is 2.11. The molecule has 0 saturated heterocycles. The molecule has 0 spiro atoms. The molecule has 0 amide bonds. The van der Waals surface area contributed by atoms with E-state index in [2.05, 4.69) is 0 Å². The Morgan fingerprint density at radius 2 is 1.12 bits per heavy atom. The lowest BCUT2D eigenvalue weighted by molar-refractivity contribution is -0.0453. The maximum absolute atomic E-state index is 8.69. The van der Waals surface area contributed by atoms with E-state index >= 15 is 0 Å². The predicted molar refractivity (Wildman–Crippen MR) is 96.3 cm³/mol. The van der Waals surface area contributed by atoms with E-state index in [0.717, 1.165) is 6.42 Å². The molecule has 0 aliphatic heterocycles. The van der Waals surface area contributed by atoms with Crippen molar-refractivity contribution in [3.63, 3.8) is 0 Å². The Hall–Kier alpha value is -0.400. The highest BCUT2D eigenvalue weighted by atomic mass is 16.5. The molecule has 0 aromatic rings. The molecule has 0 bridgehead atoms. The summed E-state index contributed by atoms with van der Waals surface area (Å²) in [6.45, 7) is 6.26. The fraction of sp³-hybridized carbons (Fsp3) is 1.00. The summed E-state index contributed by atoms with van der Waals surface area (Å²) in [6.07, 6.45) is -1.91. The first-order chi connectivity index (χ1) is 12.0. The molecule has 0 aromatic heterocycles. The van der Waals surface area contributed by atoms with Crippen LogP contribution >= 0.6 is 0 Å². The second kappa shape index (κ2) is 26.8. The van der Waals surface area contributed by atoms with Crippen molar-refractivity contribution in [2.24, 2.45) is 0 Å². The molecule has 0 rings (SSSR count). The Morgan fingerprint density at radius 3 is 1.23 bits per heavy atom.